The van der Waals surface area contributed by atoms with E-state index in [9.17, 15) is 4.79 Å². The lowest BCUT2D eigenvalue weighted by Gasteiger charge is -2.15. The van der Waals surface area contributed by atoms with E-state index in [1.54, 1.807) is 13.2 Å². The Morgan fingerprint density at radius 2 is 2.04 bits per heavy atom. The third-order valence-corrected chi connectivity index (χ3v) is 4.30. The number of hydrogen-bond acceptors (Lipinski definition) is 5. The summed E-state index contributed by atoms with van der Waals surface area (Å²) in [6.07, 6.45) is 2.98. The Labute approximate surface area is 148 Å². The Kier molecular flexibility index (Phi) is 5.48. The molecule has 1 aromatic heterocycles. The van der Waals surface area contributed by atoms with Crippen LogP contribution in [0.3, 0.4) is 0 Å². The minimum atomic E-state index is -0.00107. The zero-order valence-electron chi connectivity index (χ0n) is 14.8. The topological polar surface area (TPSA) is 67.3 Å². The third-order valence-electron chi connectivity index (χ3n) is 4.30. The Balaban J connectivity index is 1.63. The highest BCUT2D eigenvalue weighted by atomic mass is 16.5. The summed E-state index contributed by atoms with van der Waals surface area (Å²) in [6.45, 7) is 4.18. The van der Waals surface area contributed by atoms with Gasteiger partial charge in [0.05, 0.1) is 7.11 Å². The molecule has 25 heavy (non-hydrogen) atoms. The summed E-state index contributed by atoms with van der Waals surface area (Å²) < 4.78 is 5.24. The number of carbonyl (C=O) groups excluding carboxylic acids is 1. The fourth-order valence-electron chi connectivity index (χ4n) is 3.01. The van der Waals surface area contributed by atoms with Gasteiger partial charge < -0.3 is 15.0 Å². The van der Waals surface area contributed by atoms with Crippen molar-refractivity contribution in [1.82, 2.24) is 14.9 Å². The van der Waals surface area contributed by atoms with E-state index < -0.39 is 0 Å². The largest absolute Gasteiger partial charge is 0.497 e. The number of likely N-dealkylation sites (tertiary alicyclic amines) is 1. The standard InChI is InChI=1S/C19H24N4O2/c1-14-21-17(19(24)23-10-3-4-11-23)13-18(22-14)20-9-8-15-6-5-7-16(12-15)25-2/h5-7,12-13H,3-4,8-11H2,1-2H3,(H,20,21,22). The molecule has 0 saturated carbocycles. The van der Waals surface area contributed by atoms with E-state index in [0.717, 1.165) is 44.6 Å². The molecule has 1 saturated heterocycles. The van der Waals surface area contributed by atoms with Crippen LogP contribution in [0.25, 0.3) is 0 Å². The van der Waals surface area contributed by atoms with Crippen molar-refractivity contribution in [3.63, 3.8) is 0 Å². The SMILES string of the molecule is COc1cccc(CCNc2cc(C(=O)N3CCCC3)nc(C)n2)c1. The Hall–Kier alpha value is -2.63. The van der Waals surface area contributed by atoms with Crippen LogP contribution in [0.15, 0.2) is 30.3 Å². The fraction of sp³-hybridized carbons (Fsp3) is 0.421. The minimum absolute atomic E-state index is 0.00107. The number of benzene rings is 1. The summed E-state index contributed by atoms with van der Waals surface area (Å²) in [5, 5.41) is 3.29. The van der Waals surface area contributed by atoms with Crippen LogP contribution in [0, 0.1) is 6.92 Å². The van der Waals surface area contributed by atoms with Crippen LogP contribution in [0.1, 0.15) is 34.7 Å². The van der Waals surface area contributed by atoms with Crippen molar-refractivity contribution < 1.29 is 9.53 Å². The number of amides is 1. The summed E-state index contributed by atoms with van der Waals surface area (Å²) in [7, 11) is 1.67. The van der Waals surface area contributed by atoms with E-state index >= 15 is 0 Å². The van der Waals surface area contributed by atoms with Gasteiger partial charge in [0, 0.05) is 25.7 Å². The van der Waals surface area contributed by atoms with E-state index in [4.69, 9.17) is 4.74 Å². The van der Waals surface area contributed by atoms with Crippen molar-refractivity contribution in [2.75, 3.05) is 32.1 Å². The molecule has 6 nitrogen and oxygen atoms in total. The van der Waals surface area contributed by atoms with Gasteiger partial charge in [0.15, 0.2) is 0 Å². The molecule has 0 radical (unpaired) electrons. The highest BCUT2D eigenvalue weighted by Crippen LogP contribution is 2.15. The van der Waals surface area contributed by atoms with Gasteiger partial charge in [-0.2, -0.15) is 0 Å². The van der Waals surface area contributed by atoms with Crippen LogP contribution >= 0.6 is 0 Å². The smallest absolute Gasteiger partial charge is 0.272 e. The molecule has 0 aliphatic carbocycles. The number of nitrogens with zero attached hydrogens (tertiary/aromatic N) is 3. The first kappa shape index (κ1) is 17.2. The zero-order chi connectivity index (χ0) is 17.6. The van der Waals surface area contributed by atoms with Crippen molar-refractivity contribution in [1.29, 1.82) is 0 Å². The van der Waals surface area contributed by atoms with Crippen LogP contribution in [-0.2, 0) is 6.42 Å². The van der Waals surface area contributed by atoms with Crippen molar-refractivity contribution in [3.05, 3.63) is 47.4 Å². The van der Waals surface area contributed by atoms with Gasteiger partial charge >= 0.3 is 0 Å². The lowest BCUT2D eigenvalue weighted by Crippen LogP contribution is -2.28. The molecule has 2 aromatic rings. The van der Waals surface area contributed by atoms with Gasteiger partial charge in [0.2, 0.25) is 0 Å². The lowest BCUT2D eigenvalue weighted by atomic mass is 10.1. The first-order chi connectivity index (χ1) is 12.2. The summed E-state index contributed by atoms with van der Waals surface area (Å²) in [4.78, 5) is 23.1. The van der Waals surface area contributed by atoms with Gasteiger partial charge in [-0.1, -0.05) is 12.1 Å². The van der Waals surface area contributed by atoms with Crippen LogP contribution in [0.5, 0.6) is 5.75 Å². The molecular formula is C19H24N4O2. The molecule has 0 bridgehead atoms. The molecule has 1 aliphatic rings. The summed E-state index contributed by atoms with van der Waals surface area (Å²) in [5.41, 5.74) is 1.66. The summed E-state index contributed by atoms with van der Waals surface area (Å²) in [6, 6.07) is 9.75. The molecule has 0 unspecified atom stereocenters. The lowest BCUT2D eigenvalue weighted by molar-refractivity contribution is 0.0786. The Bertz CT molecular complexity index is 742. The second kappa shape index (κ2) is 7.96. The van der Waals surface area contributed by atoms with Crippen LogP contribution < -0.4 is 10.1 Å². The molecule has 2 heterocycles. The van der Waals surface area contributed by atoms with Gasteiger partial charge in [-0.25, -0.2) is 9.97 Å². The molecule has 1 N–H and O–H groups in total. The predicted octanol–water partition coefficient (Wildman–Crippen LogP) is 2.68. The maximum atomic E-state index is 12.5. The van der Waals surface area contributed by atoms with Crippen molar-refractivity contribution in [3.8, 4) is 5.75 Å². The van der Waals surface area contributed by atoms with Gasteiger partial charge in [-0.15, -0.1) is 0 Å². The first-order valence-electron chi connectivity index (χ1n) is 8.67. The van der Waals surface area contributed by atoms with E-state index in [-0.39, 0.29) is 5.91 Å². The molecule has 1 amide bonds. The number of carbonyl (C=O) groups is 1. The molecular weight excluding hydrogens is 316 g/mol. The number of nitrogens with one attached hydrogen (secondary N) is 1. The summed E-state index contributed by atoms with van der Waals surface area (Å²) >= 11 is 0. The second-order valence-electron chi connectivity index (χ2n) is 6.21. The van der Waals surface area contributed by atoms with E-state index in [2.05, 4.69) is 21.4 Å². The summed E-state index contributed by atoms with van der Waals surface area (Å²) in [5.74, 6) is 2.15. The monoisotopic (exact) mass is 340 g/mol. The second-order valence-corrected chi connectivity index (χ2v) is 6.21. The third kappa shape index (κ3) is 4.47. The van der Waals surface area contributed by atoms with E-state index in [0.29, 0.717) is 17.3 Å². The van der Waals surface area contributed by atoms with Crippen molar-refractivity contribution in [2.24, 2.45) is 0 Å². The van der Waals surface area contributed by atoms with Crippen LogP contribution in [0.2, 0.25) is 0 Å². The number of aryl methyl sites for hydroxylation is 1. The van der Waals surface area contributed by atoms with Gasteiger partial charge in [-0.05, 0) is 43.9 Å². The highest BCUT2D eigenvalue weighted by molar-refractivity contribution is 5.93. The predicted molar refractivity (Wildman–Crippen MR) is 97.1 cm³/mol. The molecule has 0 spiro atoms. The number of anilines is 1. The number of hydrogen-bond donors (Lipinski definition) is 1. The average molecular weight is 340 g/mol. The molecule has 1 fully saturated rings. The quantitative estimate of drug-likeness (QED) is 0.876. The maximum absolute atomic E-state index is 12.5. The Morgan fingerprint density at radius 3 is 2.80 bits per heavy atom. The molecule has 132 valence electrons. The maximum Gasteiger partial charge on any atom is 0.272 e. The normalized spacial score (nSPS) is 13.8. The average Bonchev–Trinajstić information content (AvgIpc) is 3.15. The minimum Gasteiger partial charge on any atom is -0.497 e. The van der Waals surface area contributed by atoms with Gasteiger partial charge in [0.25, 0.3) is 5.91 Å². The number of ether oxygens (including phenoxy) is 1. The van der Waals surface area contributed by atoms with Gasteiger partial charge in [0.1, 0.15) is 23.1 Å². The molecule has 1 aliphatic heterocycles. The number of aromatic nitrogens is 2. The molecule has 1 aromatic carbocycles. The molecule has 3 rings (SSSR count). The van der Waals surface area contributed by atoms with E-state index in [1.165, 1.54) is 5.56 Å². The number of rotatable bonds is 6. The van der Waals surface area contributed by atoms with Crippen molar-refractivity contribution >= 4 is 11.7 Å². The van der Waals surface area contributed by atoms with E-state index in [1.807, 2.05) is 30.0 Å². The highest BCUT2D eigenvalue weighted by Gasteiger charge is 2.21. The Morgan fingerprint density at radius 1 is 1.24 bits per heavy atom. The van der Waals surface area contributed by atoms with Crippen LogP contribution in [0.4, 0.5) is 5.82 Å². The van der Waals surface area contributed by atoms with Crippen LogP contribution in [-0.4, -0.2) is 47.5 Å². The van der Waals surface area contributed by atoms with Crippen molar-refractivity contribution in [2.45, 2.75) is 26.2 Å². The fourth-order valence-corrected chi connectivity index (χ4v) is 3.01. The van der Waals surface area contributed by atoms with Gasteiger partial charge in [-0.3, -0.25) is 4.79 Å². The zero-order valence-corrected chi connectivity index (χ0v) is 14.8. The molecule has 0 atom stereocenters. The molecule has 6 heteroatoms. The first-order valence-corrected chi connectivity index (χ1v) is 8.67. The number of methoxy groups -OCH3 is 1.